The molecule has 2 saturated heterocycles. The Bertz CT molecular complexity index is 151. The molecule has 0 N–H and O–H groups in total. The van der Waals surface area contributed by atoms with Gasteiger partial charge in [0.1, 0.15) is 6.17 Å². The highest BCUT2D eigenvalue weighted by molar-refractivity contribution is 5.11. The normalized spacial score (nSPS) is 40.7. The smallest absolute Gasteiger partial charge is 0.114 e. The minimum atomic E-state index is -0.571. The quantitative estimate of drug-likeness (QED) is 0.460. The first kappa shape index (κ1) is 6.35. The Morgan fingerprint density at radius 2 is 2.40 bits per heavy atom. The molecule has 0 bridgehead atoms. The molecule has 2 fully saturated rings. The van der Waals surface area contributed by atoms with Crippen molar-refractivity contribution in [3.63, 3.8) is 0 Å². The third-order valence-corrected chi connectivity index (χ3v) is 2.43. The first-order valence-corrected chi connectivity index (χ1v) is 3.80. The van der Waals surface area contributed by atoms with Gasteiger partial charge in [-0.25, -0.2) is 4.39 Å². The highest BCUT2D eigenvalue weighted by Gasteiger charge is 2.36. The number of hydrogen-bond acceptors (Lipinski definition) is 1. The lowest BCUT2D eigenvalue weighted by molar-refractivity contribution is 0.297. The van der Waals surface area contributed by atoms with Crippen LogP contribution in [0.1, 0.15) is 12.8 Å². The lowest BCUT2D eigenvalue weighted by Gasteiger charge is -2.11. The molecule has 10 heavy (non-hydrogen) atoms. The van der Waals surface area contributed by atoms with Crippen molar-refractivity contribution in [3.8, 4) is 0 Å². The van der Waals surface area contributed by atoms with Crippen LogP contribution in [0.2, 0.25) is 0 Å². The summed E-state index contributed by atoms with van der Waals surface area (Å²) in [6.07, 6.45) is 1.19. The van der Waals surface area contributed by atoms with E-state index in [0.717, 1.165) is 19.4 Å². The van der Waals surface area contributed by atoms with Crippen LogP contribution in [0, 0.1) is 0 Å². The zero-order valence-electron chi connectivity index (χ0n) is 6.02. The maximum absolute atomic E-state index is 12.7. The fourth-order valence-corrected chi connectivity index (χ4v) is 2.01. The fourth-order valence-electron chi connectivity index (χ4n) is 2.01. The third-order valence-electron chi connectivity index (χ3n) is 2.43. The van der Waals surface area contributed by atoms with Crippen molar-refractivity contribution in [1.82, 2.24) is 4.90 Å². The van der Waals surface area contributed by atoms with Gasteiger partial charge in [-0.3, -0.25) is 4.90 Å². The van der Waals surface area contributed by atoms with E-state index in [1.807, 2.05) is 0 Å². The van der Waals surface area contributed by atoms with Crippen LogP contribution in [0.5, 0.6) is 0 Å². The predicted molar refractivity (Wildman–Crippen MR) is 38.6 cm³/mol. The summed E-state index contributed by atoms with van der Waals surface area (Å²) >= 11 is 0. The summed E-state index contributed by atoms with van der Waals surface area (Å²) < 4.78 is 12.7. The van der Waals surface area contributed by atoms with Gasteiger partial charge < -0.3 is 0 Å². The van der Waals surface area contributed by atoms with Gasteiger partial charge in [-0.15, -0.1) is 0 Å². The standard InChI is InChI=1S/C8H12FN/c1-6-2-8-3-7(9)5-10(8)4-6/h7-8H,1-5H2/t7-,8?/m1/s1. The molecule has 2 rings (SSSR count). The van der Waals surface area contributed by atoms with E-state index in [1.54, 1.807) is 0 Å². The summed E-state index contributed by atoms with van der Waals surface area (Å²) in [5, 5.41) is 0. The van der Waals surface area contributed by atoms with Gasteiger partial charge in [-0.1, -0.05) is 12.2 Å². The Morgan fingerprint density at radius 1 is 1.60 bits per heavy atom. The molecule has 0 aromatic heterocycles. The van der Waals surface area contributed by atoms with Crippen molar-refractivity contribution < 1.29 is 4.39 Å². The van der Waals surface area contributed by atoms with Crippen LogP contribution in [0.25, 0.3) is 0 Å². The topological polar surface area (TPSA) is 3.24 Å². The van der Waals surface area contributed by atoms with Gasteiger partial charge in [-0.05, 0) is 12.8 Å². The van der Waals surface area contributed by atoms with Gasteiger partial charge >= 0.3 is 0 Å². The van der Waals surface area contributed by atoms with E-state index in [4.69, 9.17) is 0 Å². The van der Waals surface area contributed by atoms with Gasteiger partial charge in [0.25, 0.3) is 0 Å². The van der Waals surface area contributed by atoms with Crippen LogP contribution in [0.15, 0.2) is 12.2 Å². The molecule has 2 atom stereocenters. The zero-order chi connectivity index (χ0) is 7.14. The number of rotatable bonds is 0. The Morgan fingerprint density at radius 3 is 3.10 bits per heavy atom. The first-order valence-electron chi connectivity index (χ1n) is 3.80. The van der Waals surface area contributed by atoms with E-state index in [1.165, 1.54) is 5.57 Å². The molecule has 0 aromatic rings. The van der Waals surface area contributed by atoms with Crippen molar-refractivity contribution in [1.29, 1.82) is 0 Å². The molecule has 0 spiro atoms. The molecule has 56 valence electrons. The van der Waals surface area contributed by atoms with Gasteiger partial charge in [0, 0.05) is 19.1 Å². The SMILES string of the molecule is C=C1CC2C[C@@H](F)CN2C1. The van der Waals surface area contributed by atoms with Crippen LogP contribution >= 0.6 is 0 Å². The molecular formula is C8H12FN. The Balaban J connectivity index is 2.06. The minimum Gasteiger partial charge on any atom is -0.293 e. The molecule has 0 saturated carbocycles. The average Bonchev–Trinajstić information content (AvgIpc) is 2.21. The van der Waals surface area contributed by atoms with Gasteiger partial charge in [-0.2, -0.15) is 0 Å². The number of fused-ring (bicyclic) bond motifs is 1. The summed E-state index contributed by atoms with van der Waals surface area (Å²) in [5.41, 5.74) is 1.27. The summed E-state index contributed by atoms with van der Waals surface area (Å²) in [6.45, 7) is 5.48. The fraction of sp³-hybridized carbons (Fsp3) is 0.750. The largest absolute Gasteiger partial charge is 0.293 e. The minimum absolute atomic E-state index is 0.488. The molecule has 2 aliphatic rings. The molecule has 0 amide bonds. The van der Waals surface area contributed by atoms with Crippen molar-refractivity contribution in [2.45, 2.75) is 25.1 Å². The van der Waals surface area contributed by atoms with E-state index in [9.17, 15) is 4.39 Å². The summed E-state index contributed by atoms with van der Waals surface area (Å²) in [5.74, 6) is 0. The van der Waals surface area contributed by atoms with Gasteiger partial charge in [0.15, 0.2) is 0 Å². The summed E-state index contributed by atoms with van der Waals surface area (Å²) in [6, 6.07) is 0.488. The Labute approximate surface area is 60.5 Å². The summed E-state index contributed by atoms with van der Waals surface area (Å²) in [7, 11) is 0. The number of nitrogens with zero attached hydrogens (tertiary/aromatic N) is 1. The Kier molecular flexibility index (Phi) is 1.31. The van der Waals surface area contributed by atoms with Crippen molar-refractivity contribution in [2.75, 3.05) is 13.1 Å². The number of hydrogen-bond donors (Lipinski definition) is 0. The van der Waals surface area contributed by atoms with Gasteiger partial charge in [0.2, 0.25) is 0 Å². The summed E-state index contributed by atoms with van der Waals surface area (Å²) in [4.78, 5) is 2.20. The molecule has 0 aliphatic carbocycles. The van der Waals surface area contributed by atoms with Crippen molar-refractivity contribution in [3.05, 3.63) is 12.2 Å². The van der Waals surface area contributed by atoms with E-state index >= 15 is 0 Å². The third kappa shape index (κ3) is 0.870. The molecule has 2 aliphatic heterocycles. The molecule has 1 unspecified atom stereocenters. The molecule has 0 aromatic carbocycles. The molecule has 2 heteroatoms. The molecule has 0 radical (unpaired) electrons. The second kappa shape index (κ2) is 2.06. The van der Waals surface area contributed by atoms with Crippen molar-refractivity contribution in [2.24, 2.45) is 0 Å². The maximum Gasteiger partial charge on any atom is 0.114 e. The lowest BCUT2D eigenvalue weighted by atomic mass is 10.1. The highest BCUT2D eigenvalue weighted by Crippen LogP contribution is 2.31. The zero-order valence-corrected chi connectivity index (χ0v) is 6.02. The van der Waals surface area contributed by atoms with Crippen LogP contribution in [-0.4, -0.2) is 30.2 Å². The van der Waals surface area contributed by atoms with Crippen LogP contribution < -0.4 is 0 Å². The van der Waals surface area contributed by atoms with E-state index in [-0.39, 0.29) is 0 Å². The van der Waals surface area contributed by atoms with E-state index < -0.39 is 6.17 Å². The molecule has 2 heterocycles. The van der Waals surface area contributed by atoms with Crippen molar-refractivity contribution >= 4 is 0 Å². The van der Waals surface area contributed by atoms with Crippen LogP contribution in [0.3, 0.4) is 0 Å². The highest BCUT2D eigenvalue weighted by atomic mass is 19.1. The van der Waals surface area contributed by atoms with E-state index in [2.05, 4.69) is 11.5 Å². The maximum atomic E-state index is 12.7. The molecular weight excluding hydrogens is 129 g/mol. The second-order valence-corrected chi connectivity index (χ2v) is 3.37. The number of halogens is 1. The van der Waals surface area contributed by atoms with Crippen LogP contribution in [0.4, 0.5) is 4.39 Å². The van der Waals surface area contributed by atoms with Crippen LogP contribution in [-0.2, 0) is 0 Å². The van der Waals surface area contributed by atoms with Gasteiger partial charge in [0.05, 0.1) is 0 Å². The van der Waals surface area contributed by atoms with E-state index in [0.29, 0.717) is 12.6 Å². The Hall–Kier alpha value is -0.370. The number of alkyl halides is 1. The predicted octanol–water partition coefficient (Wildman–Crippen LogP) is 1.36. The lowest BCUT2D eigenvalue weighted by Crippen LogP contribution is -2.22. The first-order chi connectivity index (χ1) is 4.75. The second-order valence-electron chi connectivity index (χ2n) is 3.37. The molecule has 1 nitrogen and oxygen atoms in total. The monoisotopic (exact) mass is 141 g/mol. The average molecular weight is 141 g/mol.